The summed E-state index contributed by atoms with van der Waals surface area (Å²) in [7, 11) is 1.33. The third-order valence-corrected chi connectivity index (χ3v) is 1.96. The van der Waals surface area contributed by atoms with E-state index in [1.165, 1.54) is 7.11 Å². The van der Waals surface area contributed by atoms with Gasteiger partial charge in [0.05, 0.1) is 24.0 Å². The third-order valence-electron chi connectivity index (χ3n) is 1.96. The zero-order valence-corrected chi connectivity index (χ0v) is 8.13. The second-order valence-electron chi connectivity index (χ2n) is 2.89. The molecule has 1 aromatic rings. The molecule has 5 heteroatoms. The number of carbonyl (C=O) groups excluding carboxylic acids is 1. The maximum absolute atomic E-state index is 11.3. The molecule has 0 fully saturated rings. The van der Waals surface area contributed by atoms with Gasteiger partial charge in [0.15, 0.2) is 0 Å². The van der Waals surface area contributed by atoms with E-state index in [1.807, 2.05) is 0 Å². The highest BCUT2D eigenvalue weighted by atomic mass is 16.5. The molecular formula is C9H13N3O2. The van der Waals surface area contributed by atoms with E-state index in [0.29, 0.717) is 16.9 Å². The molecule has 1 aromatic carbocycles. The summed E-state index contributed by atoms with van der Waals surface area (Å²) in [5.41, 5.74) is 10.3. The van der Waals surface area contributed by atoms with E-state index in [1.54, 1.807) is 19.1 Å². The lowest BCUT2D eigenvalue weighted by Gasteiger charge is -2.09. The quantitative estimate of drug-likeness (QED) is 0.279. The molecule has 0 aromatic heterocycles. The predicted molar refractivity (Wildman–Crippen MR) is 54.7 cm³/mol. The normalized spacial score (nSPS) is 9.64. The number of hydrogen-bond acceptors (Lipinski definition) is 5. The molecule has 0 atom stereocenters. The Bertz CT molecular complexity index is 363. The van der Waals surface area contributed by atoms with Crippen molar-refractivity contribution in [2.45, 2.75) is 6.92 Å². The molecule has 5 nitrogen and oxygen atoms in total. The van der Waals surface area contributed by atoms with Crippen LogP contribution in [0.1, 0.15) is 15.9 Å². The van der Waals surface area contributed by atoms with Crippen LogP contribution in [-0.4, -0.2) is 13.1 Å². The standard InChI is InChI=1S/C9H13N3O2/c1-5-3-7(10)8(12-11)4-6(5)9(13)14-2/h3-4,12H,10-11H2,1-2H3. The van der Waals surface area contributed by atoms with Crippen LogP contribution >= 0.6 is 0 Å². The second kappa shape index (κ2) is 3.97. The number of hydrazine groups is 1. The largest absolute Gasteiger partial charge is 0.465 e. The van der Waals surface area contributed by atoms with Gasteiger partial charge in [-0.05, 0) is 24.6 Å². The Morgan fingerprint density at radius 2 is 2.14 bits per heavy atom. The molecule has 5 N–H and O–H groups in total. The fourth-order valence-electron chi connectivity index (χ4n) is 1.19. The number of nitrogens with one attached hydrogen (secondary N) is 1. The van der Waals surface area contributed by atoms with Crippen molar-refractivity contribution in [3.8, 4) is 0 Å². The average molecular weight is 195 g/mol. The van der Waals surface area contributed by atoms with Crippen molar-refractivity contribution in [1.29, 1.82) is 0 Å². The molecule has 0 aliphatic rings. The number of nitrogens with two attached hydrogens (primary N) is 2. The van der Waals surface area contributed by atoms with E-state index in [4.69, 9.17) is 11.6 Å². The number of anilines is 2. The van der Waals surface area contributed by atoms with Crippen LogP contribution in [0.4, 0.5) is 11.4 Å². The molecule has 0 unspecified atom stereocenters. The average Bonchev–Trinajstić information content (AvgIpc) is 2.17. The van der Waals surface area contributed by atoms with E-state index in [-0.39, 0.29) is 0 Å². The van der Waals surface area contributed by atoms with Gasteiger partial charge >= 0.3 is 5.97 Å². The first-order valence-electron chi connectivity index (χ1n) is 4.05. The number of esters is 1. The fraction of sp³-hybridized carbons (Fsp3) is 0.222. The van der Waals surface area contributed by atoms with Crippen LogP contribution in [0, 0.1) is 6.92 Å². The van der Waals surface area contributed by atoms with Crippen LogP contribution in [0.3, 0.4) is 0 Å². The molecule has 1 rings (SSSR count). The van der Waals surface area contributed by atoms with Crippen molar-refractivity contribution in [1.82, 2.24) is 0 Å². The number of hydrogen-bond donors (Lipinski definition) is 3. The maximum atomic E-state index is 11.3. The molecule has 0 radical (unpaired) electrons. The van der Waals surface area contributed by atoms with Gasteiger partial charge in [-0.15, -0.1) is 0 Å². The summed E-state index contributed by atoms with van der Waals surface area (Å²) in [6.45, 7) is 1.78. The Morgan fingerprint density at radius 1 is 1.50 bits per heavy atom. The predicted octanol–water partition coefficient (Wildman–Crippen LogP) is 0.649. The highest BCUT2D eigenvalue weighted by Crippen LogP contribution is 2.22. The third kappa shape index (κ3) is 1.77. The minimum absolute atomic E-state index is 0.404. The first kappa shape index (κ1) is 10.3. The molecule has 0 bridgehead atoms. The Hall–Kier alpha value is -1.75. The van der Waals surface area contributed by atoms with Gasteiger partial charge in [0.25, 0.3) is 0 Å². The van der Waals surface area contributed by atoms with Crippen molar-refractivity contribution in [2.75, 3.05) is 18.3 Å². The summed E-state index contributed by atoms with van der Waals surface area (Å²) in [5.74, 6) is 4.83. The van der Waals surface area contributed by atoms with E-state index in [9.17, 15) is 4.79 Å². The number of ether oxygens (including phenoxy) is 1. The molecular weight excluding hydrogens is 182 g/mol. The minimum atomic E-state index is -0.404. The minimum Gasteiger partial charge on any atom is -0.465 e. The van der Waals surface area contributed by atoms with Gasteiger partial charge in [0.2, 0.25) is 0 Å². The van der Waals surface area contributed by atoms with Crippen molar-refractivity contribution in [3.05, 3.63) is 23.3 Å². The van der Waals surface area contributed by atoms with Crippen LogP contribution in [-0.2, 0) is 4.74 Å². The molecule has 0 saturated carbocycles. The van der Waals surface area contributed by atoms with Crippen LogP contribution in [0.5, 0.6) is 0 Å². The van der Waals surface area contributed by atoms with Crippen LogP contribution in [0.2, 0.25) is 0 Å². The zero-order valence-electron chi connectivity index (χ0n) is 8.13. The number of methoxy groups -OCH3 is 1. The fourth-order valence-corrected chi connectivity index (χ4v) is 1.19. The number of aryl methyl sites for hydroxylation is 1. The summed E-state index contributed by atoms with van der Waals surface area (Å²) in [6, 6.07) is 3.23. The number of benzene rings is 1. The van der Waals surface area contributed by atoms with Crippen molar-refractivity contribution in [2.24, 2.45) is 5.84 Å². The lowest BCUT2D eigenvalue weighted by atomic mass is 10.1. The van der Waals surface area contributed by atoms with Gasteiger partial charge in [0.1, 0.15) is 0 Å². The Morgan fingerprint density at radius 3 is 2.64 bits per heavy atom. The summed E-state index contributed by atoms with van der Waals surface area (Å²) in [5, 5.41) is 0. The van der Waals surface area contributed by atoms with Gasteiger partial charge in [-0.2, -0.15) is 0 Å². The molecule has 0 aliphatic heterocycles. The van der Waals surface area contributed by atoms with Crippen LogP contribution in [0.25, 0.3) is 0 Å². The van der Waals surface area contributed by atoms with Crippen molar-refractivity contribution in [3.63, 3.8) is 0 Å². The van der Waals surface area contributed by atoms with Gasteiger partial charge < -0.3 is 15.9 Å². The highest BCUT2D eigenvalue weighted by Gasteiger charge is 2.11. The highest BCUT2D eigenvalue weighted by molar-refractivity contribution is 5.93. The SMILES string of the molecule is COC(=O)c1cc(NN)c(N)cc1C. The van der Waals surface area contributed by atoms with E-state index >= 15 is 0 Å². The van der Waals surface area contributed by atoms with E-state index < -0.39 is 5.97 Å². The molecule has 0 amide bonds. The summed E-state index contributed by atoms with van der Waals surface area (Å²) < 4.78 is 4.61. The Labute approximate surface area is 82.0 Å². The number of rotatable bonds is 2. The van der Waals surface area contributed by atoms with Gasteiger partial charge in [0, 0.05) is 0 Å². The molecule has 14 heavy (non-hydrogen) atoms. The Kier molecular flexibility index (Phi) is 2.93. The lowest BCUT2D eigenvalue weighted by Crippen LogP contribution is -2.12. The van der Waals surface area contributed by atoms with Gasteiger partial charge in [-0.25, -0.2) is 4.79 Å². The number of carbonyl (C=O) groups is 1. The van der Waals surface area contributed by atoms with Crippen molar-refractivity contribution < 1.29 is 9.53 Å². The molecule has 0 spiro atoms. The van der Waals surface area contributed by atoms with Gasteiger partial charge in [-0.1, -0.05) is 0 Å². The smallest absolute Gasteiger partial charge is 0.338 e. The lowest BCUT2D eigenvalue weighted by molar-refractivity contribution is 0.0600. The van der Waals surface area contributed by atoms with Crippen LogP contribution in [0.15, 0.2) is 12.1 Å². The molecule has 76 valence electrons. The number of nitrogen functional groups attached to an aromatic ring is 2. The monoisotopic (exact) mass is 195 g/mol. The van der Waals surface area contributed by atoms with Gasteiger partial charge in [-0.3, -0.25) is 5.84 Å². The Balaban J connectivity index is 3.24. The molecule has 0 heterocycles. The first-order chi connectivity index (χ1) is 6.60. The molecule has 0 aliphatic carbocycles. The maximum Gasteiger partial charge on any atom is 0.338 e. The first-order valence-corrected chi connectivity index (χ1v) is 4.05. The summed E-state index contributed by atoms with van der Waals surface area (Å²) in [4.78, 5) is 11.3. The molecule has 0 saturated heterocycles. The summed E-state index contributed by atoms with van der Waals surface area (Å²) >= 11 is 0. The topological polar surface area (TPSA) is 90.4 Å². The zero-order chi connectivity index (χ0) is 10.7. The van der Waals surface area contributed by atoms with Crippen LogP contribution < -0.4 is 17.0 Å². The van der Waals surface area contributed by atoms with E-state index in [0.717, 1.165) is 5.56 Å². The second-order valence-corrected chi connectivity index (χ2v) is 2.89. The van der Waals surface area contributed by atoms with Crippen molar-refractivity contribution >= 4 is 17.3 Å². The summed E-state index contributed by atoms with van der Waals surface area (Å²) in [6.07, 6.45) is 0. The van der Waals surface area contributed by atoms with E-state index in [2.05, 4.69) is 10.2 Å².